The van der Waals surface area contributed by atoms with E-state index in [1.807, 2.05) is 6.26 Å². The van der Waals surface area contributed by atoms with E-state index >= 15 is 0 Å². The summed E-state index contributed by atoms with van der Waals surface area (Å²) < 4.78 is 0. The van der Waals surface area contributed by atoms with E-state index in [-0.39, 0.29) is 0 Å². The van der Waals surface area contributed by atoms with Gasteiger partial charge >= 0.3 is 0 Å². The summed E-state index contributed by atoms with van der Waals surface area (Å²) in [5.74, 6) is 0. The summed E-state index contributed by atoms with van der Waals surface area (Å²) >= 11 is 0. The predicted octanol–water partition coefficient (Wildman–Crippen LogP) is 0.871. The molecular weight excluding hydrogens is 90.2 g/mol. The van der Waals surface area contributed by atoms with Gasteiger partial charge in [-0.2, -0.15) is 0 Å². The first-order valence-corrected chi connectivity index (χ1v) is 3.43. The van der Waals surface area contributed by atoms with E-state index in [9.17, 15) is 0 Å². The first kappa shape index (κ1) is 4.66. The lowest BCUT2D eigenvalue weighted by Gasteiger charge is -1.69. The number of nitrogens with two attached hydrogens (primary N) is 1. The first-order valence-electron chi connectivity index (χ1n) is 0.811. The van der Waals surface area contributed by atoms with Gasteiger partial charge in [-0.25, -0.2) is 0 Å². The van der Waals surface area contributed by atoms with Crippen LogP contribution < -0.4 is 5.14 Å². The lowest BCUT2D eigenvalue weighted by molar-refractivity contribution is 2.07. The Hall–Kier alpha value is 0.660. The minimum Gasteiger partial charge on any atom is -0.268 e. The molecule has 0 atom stereocenters. The lowest BCUT2D eigenvalue weighted by atomic mass is 12.0. The number of rotatable bonds is 1. The molecule has 0 aliphatic carbocycles. The molecule has 0 heterocycles. The highest BCUT2D eigenvalue weighted by atomic mass is 33.1. The van der Waals surface area contributed by atoms with Gasteiger partial charge in [-0.3, -0.25) is 5.14 Å². The summed E-state index contributed by atoms with van der Waals surface area (Å²) in [6, 6.07) is 0. The minimum atomic E-state index is 1.27. The molecule has 0 unspecified atom stereocenters. The zero-order valence-electron chi connectivity index (χ0n) is 2.39. The topological polar surface area (TPSA) is 26.0 Å². The molecule has 0 saturated carbocycles. The molecule has 0 aromatic rings. The molecule has 1 nitrogen and oxygen atoms in total. The van der Waals surface area contributed by atoms with E-state index in [0.29, 0.717) is 0 Å². The van der Waals surface area contributed by atoms with Crippen LogP contribution in [0.3, 0.4) is 0 Å². The van der Waals surface area contributed by atoms with E-state index in [4.69, 9.17) is 5.14 Å². The van der Waals surface area contributed by atoms with Gasteiger partial charge in [0.25, 0.3) is 0 Å². The van der Waals surface area contributed by atoms with Crippen LogP contribution >= 0.6 is 21.8 Å². The van der Waals surface area contributed by atoms with Gasteiger partial charge in [0.2, 0.25) is 0 Å². The summed E-state index contributed by atoms with van der Waals surface area (Å²) in [5.41, 5.74) is 0. The van der Waals surface area contributed by atoms with E-state index in [1.54, 1.807) is 10.8 Å². The van der Waals surface area contributed by atoms with Crippen molar-refractivity contribution in [3.8, 4) is 0 Å². The maximum Gasteiger partial charge on any atom is -0.00667 e. The molecule has 0 aromatic carbocycles. The van der Waals surface area contributed by atoms with Gasteiger partial charge < -0.3 is 0 Å². The smallest absolute Gasteiger partial charge is 0.00667 e. The van der Waals surface area contributed by atoms with Crippen molar-refractivity contribution >= 4 is 21.8 Å². The molecule has 0 amide bonds. The molecule has 3 heteroatoms. The minimum absolute atomic E-state index is 1.27. The van der Waals surface area contributed by atoms with Crippen LogP contribution in [-0.4, -0.2) is 6.26 Å². The van der Waals surface area contributed by atoms with Crippen LogP contribution in [0.1, 0.15) is 0 Å². The average Bonchev–Trinajstić information content (AvgIpc) is 1.37. The van der Waals surface area contributed by atoms with Crippen molar-refractivity contribution in [1.82, 2.24) is 0 Å². The van der Waals surface area contributed by atoms with E-state index < -0.39 is 0 Å². The van der Waals surface area contributed by atoms with Gasteiger partial charge in [0.05, 0.1) is 0 Å². The fourth-order valence-electron chi connectivity index (χ4n) is 0. The fourth-order valence-corrected chi connectivity index (χ4v) is 0. The molecule has 0 aliphatic rings. The second-order valence-electron chi connectivity index (χ2n) is 0.263. The van der Waals surface area contributed by atoms with Crippen LogP contribution in [0.25, 0.3) is 0 Å². The molecule has 0 aromatic heterocycles. The van der Waals surface area contributed by atoms with E-state index in [1.165, 1.54) is 11.0 Å². The molecule has 0 saturated heterocycles. The predicted molar refractivity (Wildman–Crippen MR) is 25.3 cm³/mol. The zero-order valence-corrected chi connectivity index (χ0v) is 4.03. The normalized spacial score (nSPS) is 7.50. The van der Waals surface area contributed by atoms with Crippen LogP contribution in [-0.2, 0) is 0 Å². The van der Waals surface area contributed by atoms with Gasteiger partial charge in [0, 0.05) is 0 Å². The summed E-state index contributed by atoms with van der Waals surface area (Å²) in [6.45, 7) is 0. The monoisotopic (exact) mass is 95.0 g/mol. The summed E-state index contributed by atoms with van der Waals surface area (Å²) in [7, 11) is 2.82. The number of hydrogen-bond acceptors (Lipinski definition) is 3. The maximum absolute atomic E-state index is 4.91. The molecule has 0 fully saturated rings. The largest absolute Gasteiger partial charge is 0.268 e. The van der Waals surface area contributed by atoms with E-state index in [0.717, 1.165) is 0 Å². The maximum atomic E-state index is 4.91. The Kier molecular flexibility index (Phi) is 4.26. The van der Waals surface area contributed by atoms with Crippen molar-refractivity contribution in [1.29, 1.82) is 0 Å². The highest BCUT2D eigenvalue weighted by Gasteiger charge is 1.55. The number of hydrogen-bond donors (Lipinski definition) is 1. The molecule has 0 rings (SSSR count). The molecular formula is CH5NS2. The van der Waals surface area contributed by atoms with Gasteiger partial charge in [0.1, 0.15) is 0 Å². The summed E-state index contributed by atoms with van der Waals surface area (Å²) in [6.07, 6.45) is 1.94. The van der Waals surface area contributed by atoms with Gasteiger partial charge in [0.15, 0.2) is 0 Å². The zero-order chi connectivity index (χ0) is 3.41. The van der Waals surface area contributed by atoms with Gasteiger partial charge in [-0.15, -0.1) is 0 Å². The Morgan fingerprint density at radius 1 is 1.75 bits per heavy atom. The molecule has 2 N–H and O–H groups in total. The van der Waals surface area contributed by atoms with Crippen LogP contribution in [0.15, 0.2) is 0 Å². The Balaban J connectivity index is 1.97. The van der Waals surface area contributed by atoms with Crippen LogP contribution in [0, 0.1) is 0 Å². The Labute approximate surface area is 33.9 Å². The quantitative estimate of drug-likeness (QED) is 0.386. The Morgan fingerprint density at radius 3 is 2.00 bits per heavy atom. The van der Waals surface area contributed by atoms with Crippen LogP contribution in [0.5, 0.6) is 0 Å². The van der Waals surface area contributed by atoms with Crippen molar-refractivity contribution in [3.63, 3.8) is 0 Å². The SMILES string of the molecule is CSSN. The van der Waals surface area contributed by atoms with Crippen LogP contribution in [0.4, 0.5) is 0 Å². The van der Waals surface area contributed by atoms with Crippen molar-refractivity contribution < 1.29 is 0 Å². The van der Waals surface area contributed by atoms with Gasteiger partial charge in [-0.1, -0.05) is 10.8 Å². The molecule has 26 valence electrons. The highest BCUT2D eigenvalue weighted by molar-refractivity contribution is 8.75. The Bertz CT molecular complexity index is 8.00. The van der Waals surface area contributed by atoms with Crippen molar-refractivity contribution in [2.45, 2.75) is 0 Å². The third-order valence-corrected chi connectivity index (χ3v) is 0.866. The molecule has 4 heavy (non-hydrogen) atoms. The second kappa shape index (κ2) is 3.66. The van der Waals surface area contributed by atoms with Crippen molar-refractivity contribution in [2.75, 3.05) is 6.26 Å². The fraction of sp³-hybridized carbons (Fsp3) is 1.00. The second-order valence-corrected chi connectivity index (χ2v) is 2.37. The van der Waals surface area contributed by atoms with Crippen molar-refractivity contribution in [3.05, 3.63) is 0 Å². The molecule has 0 spiro atoms. The van der Waals surface area contributed by atoms with Crippen LogP contribution in [0.2, 0.25) is 0 Å². The lowest BCUT2D eigenvalue weighted by Crippen LogP contribution is -1.63. The third kappa shape index (κ3) is 2.66. The average molecular weight is 95.2 g/mol. The standard InChI is InChI=1S/CH5NS2/c1-3-4-2/h2H2,1H3. The van der Waals surface area contributed by atoms with E-state index in [2.05, 4.69) is 0 Å². The molecule has 0 bridgehead atoms. The third-order valence-electron chi connectivity index (χ3n) is 0.0962. The highest BCUT2D eigenvalue weighted by Crippen LogP contribution is 2.04. The summed E-state index contributed by atoms with van der Waals surface area (Å²) in [5, 5.41) is 4.91. The first-order chi connectivity index (χ1) is 1.91. The molecule has 0 aliphatic heterocycles. The van der Waals surface area contributed by atoms with Gasteiger partial charge in [-0.05, 0) is 17.2 Å². The van der Waals surface area contributed by atoms with Crippen molar-refractivity contribution in [2.24, 2.45) is 5.14 Å². The summed E-state index contributed by atoms with van der Waals surface area (Å²) in [4.78, 5) is 0. The Morgan fingerprint density at radius 2 is 2.00 bits per heavy atom. The molecule has 0 radical (unpaired) electrons.